The van der Waals surface area contributed by atoms with Crippen LogP contribution in [0.5, 0.6) is 0 Å². The van der Waals surface area contributed by atoms with Crippen LogP contribution in [0, 0.1) is 12.7 Å². The lowest BCUT2D eigenvalue weighted by molar-refractivity contribution is -0.119. The molecule has 5 nitrogen and oxygen atoms in total. The number of esters is 1. The lowest BCUT2D eigenvalue weighted by atomic mass is 10.2. The second-order valence-electron chi connectivity index (χ2n) is 4.48. The Hall–Kier alpha value is -2.28. The average Bonchev–Trinajstić information content (AvgIpc) is 2.48. The summed E-state index contributed by atoms with van der Waals surface area (Å²) in [6, 6.07) is 5.58. The Labute approximate surface area is 134 Å². The summed E-state index contributed by atoms with van der Waals surface area (Å²) in [6.07, 6.45) is 2.86. The topological polar surface area (TPSA) is 68.3 Å². The maximum Gasteiger partial charge on any atom is 0.340 e. The quantitative estimate of drug-likeness (QED) is 0.844. The van der Waals surface area contributed by atoms with Crippen LogP contribution in [0.1, 0.15) is 15.9 Å². The number of nitrogens with zero attached hydrogens (tertiary/aromatic N) is 1. The zero-order valence-electron chi connectivity index (χ0n) is 11.6. The molecule has 1 amide bonds. The third kappa shape index (κ3) is 4.36. The van der Waals surface area contributed by atoms with Crippen molar-refractivity contribution in [3.05, 3.63) is 58.1 Å². The molecule has 0 atom stereocenters. The molecule has 114 valence electrons. The first-order valence-corrected chi connectivity index (χ1v) is 7.08. The molecule has 0 aliphatic carbocycles. The number of hydrogen-bond donors (Lipinski definition) is 1. The van der Waals surface area contributed by atoms with Gasteiger partial charge in [0.05, 0.1) is 5.56 Å². The normalized spacial score (nSPS) is 10.1. The molecular weight excluding hydrogens is 355 g/mol. The number of pyridine rings is 1. The van der Waals surface area contributed by atoms with Crippen LogP contribution in [-0.4, -0.2) is 23.5 Å². The number of amides is 1. The number of aryl methyl sites for hydroxylation is 1. The van der Waals surface area contributed by atoms with Gasteiger partial charge in [-0.15, -0.1) is 0 Å². The van der Waals surface area contributed by atoms with E-state index < -0.39 is 24.3 Å². The highest BCUT2D eigenvalue weighted by Crippen LogP contribution is 2.16. The van der Waals surface area contributed by atoms with Gasteiger partial charge >= 0.3 is 5.97 Å². The summed E-state index contributed by atoms with van der Waals surface area (Å²) < 4.78 is 18.6. The minimum absolute atomic E-state index is 0.226. The van der Waals surface area contributed by atoms with Crippen molar-refractivity contribution in [2.24, 2.45) is 0 Å². The summed E-state index contributed by atoms with van der Waals surface area (Å²) in [5, 5.41) is 2.49. The lowest BCUT2D eigenvalue weighted by Gasteiger charge is -2.09. The van der Waals surface area contributed by atoms with E-state index in [-0.39, 0.29) is 5.56 Å². The van der Waals surface area contributed by atoms with Crippen LogP contribution in [0.25, 0.3) is 0 Å². The number of carbonyl (C=O) groups is 2. The van der Waals surface area contributed by atoms with Crippen LogP contribution in [0.4, 0.5) is 10.1 Å². The number of nitrogens with one attached hydrogen (secondary N) is 1. The molecule has 0 saturated carbocycles. The Bertz CT molecular complexity index is 722. The number of ether oxygens (including phenoxy) is 1. The molecule has 0 unspecified atom stereocenters. The third-order valence-electron chi connectivity index (χ3n) is 2.75. The number of carbonyl (C=O) groups excluding carboxylic acids is 2. The molecule has 0 radical (unpaired) electrons. The monoisotopic (exact) mass is 366 g/mol. The second kappa shape index (κ2) is 7.13. The van der Waals surface area contributed by atoms with Crippen LogP contribution < -0.4 is 5.32 Å². The molecule has 0 aliphatic heterocycles. The summed E-state index contributed by atoms with van der Waals surface area (Å²) in [5.41, 5.74) is 1.27. The van der Waals surface area contributed by atoms with Crippen LogP contribution in [0.2, 0.25) is 0 Å². The first-order valence-electron chi connectivity index (χ1n) is 6.29. The first kappa shape index (κ1) is 16.1. The number of rotatable bonds is 4. The molecule has 1 aromatic heterocycles. The van der Waals surface area contributed by atoms with Crippen molar-refractivity contribution in [2.45, 2.75) is 6.92 Å². The number of aromatic nitrogens is 1. The minimum atomic E-state index is -0.667. The number of benzene rings is 1. The molecule has 1 N–H and O–H groups in total. The number of halogens is 2. The predicted octanol–water partition coefficient (Wildman–Crippen LogP) is 3.09. The summed E-state index contributed by atoms with van der Waals surface area (Å²) in [6.45, 7) is 1.26. The maximum atomic E-state index is 13.1. The van der Waals surface area contributed by atoms with Gasteiger partial charge in [0.15, 0.2) is 6.61 Å². The summed E-state index contributed by atoms with van der Waals surface area (Å²) in [4.78, 5) is 27.3. The fourth-order valence-corrected chi connectivity index (χ4v) is 2.02. The van der Waals surface area contributed by atoms with Crippen molar-refractivity contribution in [2.75, 3.05) is 11.9 Å². The lowest BCUT2D eigenvalue weighted by Crippen LogP contribution is -2.21. The highest BCUT2D eigenvalue weighted by atomic mass is 79.9. The van der Waals surface area contributed by atoms with E-state index in [0.29, 0.717) is 15.7 Å². The van der Waals surface area contributed by atoms with E-state index in [1.165, 1.54) is 30.6 Å². The van der Waals surface area contributed by atoms with Crippen molar-refractivity contribution in [1.29, 1.82) is 0 Å². The van der Waals surface area contributed by atoms with Gasteiger partial charge < -0.3 is 10.1 Å². The second-order valence-corrected chi connectivity index (χ2v) is 5.39. The van der Waals surface area contributed by atoms with Crippen molar-refractivity contribution >= 4 is 33.5 Å². The highest BCUT2D eigenvalue weighted by molar-refractivity contribution is 9.10. The number of hydrogen-bond acceptors (Lipinski definition) is 4. The van der Waals surface area contributed by atoms with Crippen LogP contribution in [0.15, 0.2) is 41.1 Å². The zero-order chi connectivity index (χ0) is 16.1. The van der Waals surface area contributed by atoms with E-state index in [9.17, 15) is 14.0 Å². The summed E-state index contributed by atoms with van der Waals surface area (Å²) in [7, 11) is 0. The van der Waals surface area contributed by atoms with E-state index >= 15 is 0 Å². The molecule has 2 aromatic rings. The smallest absolute Gasteiger partial charge is 0.340 e. The summed E-state index contributed by atoms with van der Waals surface area (Å²) in [5.74, 6) is -1.68. The van der Waals surface area contributed by atoms with Gasteiger partial charge in [0.1, 0.15) is 5.82 Å². The zero-order valence-corrected chi connectivity index (χ0v) is 13.2. The van der Waals surface area contributed by atoms with Crippen LogP contribution in [0.3, 0.4) is 0 Å². The first-order chi connectivity index (χ1) is 10.5. The molecular formula is C15H12BrFN2O3. The fourth-order valence-electron chi connectivity index (χ4n) is 1.65. The molecule has 0 bridgehead atoms. The standard InChI is InChI=1S/C15H12BrFN2O3/c1-9-2-3-12(17)5-13(9)19-14(20)8-22-15(21)10-4-11(16)7-18-6-10/h2-7H,8H2,1H3,(H,19,20). The van der Waals surface area contributed by atoms with E-state index in [0.717, 1.165) is 0 Å². The summed E-state index contributed by atoms with van der Waals surface area (Å²) >= 11 is 3.18. The molecule has 0 aliphatic rings. The molecule has 1 heterocycles. The average molecular weight is 367 g/mol. The van der Waals surface area contributed by atoms with Gasteiger partial charge in [0, 0.05) is 22.6 Å². The van der Waals surface area contributed by atoms with E-state index in [2.05, 4.69) is 26.2 Å². The van der Waals surface area contributed by atoms with Gasteiger partial charge in [-0.05, 0) is 46.6 Å². The van der Waals surface area contributed by atoms with E-state index in [4.69, 9.17) is 4.74 Å². The minimum Gasteiger partial charge on any atom is -0.452 e. The molecule has 0 spiro atoms. The molecule has 0 fully saturated rings. The van der Waals surface area contributed by atoms with Gasteiger partial charge in [0.2, 0.25) is 0 Å². The van der Waals surface area contributed by atoms with Gasteiger partial charge in [0.25, 0.3) is 5.91 Å². The Balaban J connectivity index is 1.93. The van der Waals surface area contributed by atoms with Gasteiger partial charge in [-0.3, -0.25) is 9.78 Å². The highest BCUT2D eigenvalue weighted by Gasteiger charge is 2.12. The van der Waals surface area contributed by atoms with E-state index in [1.54, 1.807) is 13.0 Å². The Morgan fingerprint density at radius 1 is 1.32 bits per heavy atom. The van der Waals surface area contributed by atoms with E-state index in [1.807, 2.05) is 0 Å². The fraction of sp³-hybridized carbons (Fsp3) is 0.133. The molecule has 1 aromatic carbocycles. The van der Waals surface area contributed by atoms with Crippen molar-refractivity contribution in [3.8, 4) is 0 Å². The maximum absolute atomic E-state index is 13.1. The molecule has 7 heteroatoms. The molecule has 0 saturated heterocycles. The molecule has 2 rings (SSSR count). The third-order valence-corrected chi connectivity index (χ3v) is 3.18. The SMILES string of the molecule is Cc1ccc(F)cc1NC(=O)COC(=O)c1cncc(Br)c1. The van der Waals surface area contributed by atoms with Crippen molar-refractivity contribution in [3.63, 3.8) is 0 Å². The van der Waals surface area contributed by atoms with Crippen molar-refractivity contribution < 1.29 is 18.7 Å². The predicted molar refractivity (Wildman–Crippen MR) is 82.0 cm³/mol. The number of anilines is 1. The largest absolute Gasteiger partial charge is 0.452 e. The Kier molecular flexibility index (Phi) is 5.21. The Morgan fingerprint density at radius 3 is 2.82 bits per heavy atom. The van der Waals surface area contributed by atoms with Crippen LogP contribution in [-0.2, 0) is 9.53 Å². The van der Waals surface area contributed by atoms with Crippen LogP contribution >= 0.6 is 15.9 Å². The van der Waals surface area contributed by atoms with Gasteiger partial charge in [-0.1, -0.05) is 6.07 Å². The Morgan fingerprint density at radius 2 is 2.09 bits per heavy atom. The van der Waals surface area contributed by atoms with Gasteiger partial charge in [-0.2, -0.15) is 0 Å². The van der Waals surface area contributed by atoms with Gasteiger partial charge in [-0.25, -0.2) is 9.18 Å². The van der Waals surface area contributed by atoms with Crippen molar-refractivity contribution in [1.82, 2.24) is 4.98 Å². The molecule has 22 heavy (non-hydrogen) atoms.